The number of carboxylic acids is 1. The number of hydrogen-bond donors (Lipinski definition) is 2. The molecule has 1 aromatic heterocycles. The minimum absolute atomic E-state index is 0.206. The fraction of sp³-hybridized carbons (Fsp3) is 0.292. The van der Waals surface area contributed by atoms with Gasteiger partial charge in [0.2, 0.25) is 0 Å². The number of benzene rings is 2. The van der Waals surface area contributed by atoms with Crippen LogP contribution in [0.4, 0.5) is 5.69 Å². The fourth-order valence-corrected chi connectivity index (χ4v) is 5.72. The minimum Gasteiger partial charge on any atom is -0.495 e. The second-order valence-electron chi connectivity index (χ2n) is 7.50. The summed E-state index contributed by atoms with van der Waals surface area (Å²) in [5, 5.41) is 9.13. The third-order valence-electron chi connectivity index (χ3n) is 5.56. The van der Waals surface area contributed by atoms with Crippen LogP contribution in [0, 0.1) is 0 Å². The van der Waals surface area contributed by atoms with Gasteiger partial charge in [0.25, 0.3) is 0 Å². The van der Waals surface area contributed by atoms with Crippen LogP contribution in [0.1, 0.15) is 53.9 Å². The summed E-state index contributed by atoms with van der Waals surface area (Å²) in [7, 11) is 1.54. The van der Waals surface area contributed by atoms with Crippen molar-refractivity contribution in [3.05, 3.63) is 65.7 Å². The predicted molar refractivity (Wildman–Crippen MR) is 125 cm³/mol. The summed E-state index contributed by atoms with van der Waals surface area (Å²) < 4.78 is 9.73. The number of rotatable bonds is 7. The minimum atomic E-state index is -0.968. The second-order valence-corrected chi connectivity index (χ2v) is 9.69. The third kappa shape index (κ3) is 4.82. The summed E-state index contributed by atoms with van der Waals surface area (Å²) in [6.07, 6.45) is 6.74. The van der Waals surface area contributed by atoms with Crippen LogP contribution in [0.3, 0.4) is 0 Å². The van der Waals surface area contributed by atoms with E-state index < -0.39 is 5.97 Å². The molecule has 0 saturated heterocycles. The van der Waals surface area contributed by atoms with Gasteiger partial charge in [-0.2, -0.15) is 0 Å². The van der Waals surface area contributed by atoms with E-state index in [0.717, 1.165) is 15.8 Å². The number of carbonyl (C=O) groups is 1. The van der Waals surface area contributed by atoms with Gasteiger partial charge in [-0.3, -0.25) is 0 Å². The first-order valence-corrected chi connectivity index (χ1v) is 11.8. The average Bonchev–Trinajstić information content (AvgIpc) is 3.27. The molecule has 0 atom stereocenters. The zero-order valence-corrected chi connectivity index (χ0v) is 18.5. The summed E-state index contributed by atoms with van der Waals surface area (Å²) >= 11 is 3.23. The maximum atomic E-state index is 11.1. The maximum absolute atomic E-state index is 11.1. The van der Waals surface area contributed by atoms with E-state index in [1.807, 2.05) is 0 Å². The molecule has 0 aliphatic heterocycles. The van der Waals surface area contributed by atoms with Crippen LogP contribution in [0.5, 0.6) is 5.75 Å². The molecule has 3 aromatic rings. The highest BCUT2D eigenvalue weighted by Gasteiger charge is 2.15. The van der Waals surface area contributed by atoms with Crippen LogP contribution in [0.15, 0.2) is 58.8 Å². The molecule has 1 aliphatic rings. The Morgan fingerprint density at radius 1 is 1.07 bits per heavy atom. The van der Waals surface area contributed by atoms with Crippen molar-refractivity contribution in [2.45, 2.75) is 42.2 Å². The zero-order chi connectivity index (χ0) is 20.9. The average molecular weight is 440 g/mol. The van der Waals surface area contributed by atoms with Gasteiger partial charge in [0.15, 0.2) is 0 Å². The Hall–Kier alpha value is -2.44. The Morgan fingerprint density at radius 2 is 1.83 bits per heavy atom. The van der Waals surface area contributed by atoms with Crippen molar-refractivity contribution in [3.8, 4) is 16.2 Å². The normalized spacial score (nSPS) is 14.4. The Balaban J connectivity index is 1.41. The van der Waals surface area contributed by atoms with Crippen molar-refractivity contribution in [2.75, 3.05) is 11.8 Å². The summed E-state index contributed by atoms with van der Waals surface area (Å²) in [4.78, 5) is 12.4. The van der Waals surface area contributed by atoms with E-state index in [0.29, 0.717) is 5.75 Å². The highest BCUT2D eigenvalue weighted by Crippen LogP contribution is 2.38. The quantitative estimate of drug-likeness (QED) is 0.379. The molecule has 1 saturated carbocycles. The molecule has 0 bridgehead atoms. The molecule has 30 heavy (non-hydrogen) atoms. The molecule has 2 aromatic carbocycles. The van der Waals surface area contributed by atoms with Gasteiger partial charge in [-0.05, 0) is 72.2 Å². The molecule has 4 rings (SSSR count). The summed E-state index contributed by atoms with van der Waals surface area (Å²) in [5.74, 6) is 0.274. The Morgan fingerprint density at radius 3 is 2.53 bits per heavy atom. The molecule has 6 heteroatoms. The van der Waals surface area contributed by atoms with Gasteiger partial charge in [-0.1, -0.05) is 43.5 Å². The summed E-state index contributed by atoms with van der Waals surface area (Å²) in [6.45, 7) is 0. The highest BCUT2D eigenvalue weighted by atomic mass is 32.2. The molecule has 1 aliphatic carbocycles. The lowest BCUT2D eigenvalue weighted by molar-refractivity contribution is 0.0696. The van der Waals surface area contributed by atoms with Crippen molar-refractivity contribution < 1.29 is 14.6 Å². The van der Waals surface area contributed by atoms with Gasteiger partial charge in [-0.25, -0.2) is 4.79 Å². The van der Waals surface area contributed by atoms with E-state index in [4.69, 9.17) is 9.84 Å². The number of aromatic carboxylic acids is 1. The van der Waals surface area contributed by atoms with Crippen LogP contribution in [-0.4, -0.2) is 18.2 Å². The van der Waals surface area contributed by atoms with Gasteiger partial charge in [0.05, 0.1) is 22.6 Å². The first-order valence-electron chi connectivity index (χ1n) is 10.2. The Kier molecular flexibility index (Phi) is 6.65. The number of thiophene rings is 1. The van der Waals surface area contributed by atoms with Crippen molar-refractivity contribution in [3.63, 3.8) is 0 Å². The second kappa shape index (κ2) is 9.58. The topological polar surface area (TPSA) is 58.6 Å². The van der Waals surface area contributed by atoms with E-state index in [1.54, 1.807) is 23.5 Å². The van der Waals surface area contributed by atoms with Crippen LogP contribution in [0.2, 0.25) is 0 Å². The van der Waals surface area contributed by atoms with E-state index in [1.165, 1.54) is 73.2 Å². The standard InChI is InChI=1S/C24H25NO3S2/c1-28-21-15-19(24(26)27)11-12-20(21)25-30-23-14-13-22(29-23)18-9-7-17(8-10-18)16-5-3-2-4-6-16/h7-16,25H,2-6H2,1H3,(H,26,27). The van der Waals surface area contributed by atoms with Crippen LogP contribution in [-0.2, 0) is 0 Å². The molecule has 0 unspecified atom stereocenters. The van der Waals surface area contributed by atoms with Crippen LogP contribution >= 0.6 is 23.3 Å². The molecule has 0 amide bonds. The zero-order valence-electron chi connectivity index (χ0n) is 16.9. The molecular weight excluding hydrogens is 414 g/mol. The Labute approximate surface area is 185 Å². The monoisotopic (exact) mass is 439 g/mol. The van der Waals surface area contributed by atoms with Crippen LogP contribution < -0.4 is 9.46 Å². The summed E-state index contributed by atoms with van der Waals surface area (Å²) in [6, 6.07) is 18.2. The van der Waals surface area contributed by atoms with Gasteiger partial charge < -0.3 is 14.6 Å². The predicted octanol–water partition coefficient (Wildman–Crippen LogP) is 7.29. The highest BCUT2D eigenvalue weighted by molar-refractivity contribution is 8.02. The van der Waals surface area contributed by atoms with Crippen molar-refractivity contribution in [1.82, 2.24) is 0 Å². The van der Waals surface area contributed by atoms with Gasteiger partial charge in [0, 0.05) is 4.88 Å². The lowest BCUT2D eigenvalue weighted by atomic mass is 9.84. The smallest absolute Gasteiger partial charge is 0.335 e. The molecule has 4 nitrogen and oxygen atoms in total. The molecular formula is C24H25NO3S2. The number of ether oxygens (including phenoxy) is 1. The third-order valence-corrected chi connectivity index (χ3v) is 7.65. The lowest BCUT2D eigenvalue weighted by Crippen LogP contribution is -2.03. The number of methoxy groups -OCH3 is 1. The van der Waals surface area contributed by atoms with Crippen molar-refractivity contribution >= 4 is 34.9 Å². The first-order chi connectivity index (χ1) is 14.6. The maximum Gasteiger partial charge on any atom is 0.335 e. The fourth-order valence-electron chi connectivity index (χ4n) is 3.90. The van der Waals surface area contributed by atoms with Gasteiger partial charge >= 0.3 is 5.97 Å². The van der Waals surface area contributed by atoms with E-state index in [9.17, 15) is 4.79 Å². The molecule has 0 spiro atoms. The van der Waals surface area contributed by atoms with Gasteiger partial charge in [0.1, 0.15) is 5.75 Å². The molecule has 2 N–H and O–H groups in total. The van der Waals surface area contributed by atoms with Gasteiger partial charge in [-0.15, -0.1) is 11.3 Å². The number of nitrogens with one attached hydrogen (secondary N) is 1. The molecule has 156 valence electrons. The molecule has 1 heterocycles. The lowest BCUT2D eigenvalue weighted by Gasteiger charge is -2.22. The SMILES string of the molecule is COc1cc(C(=O)O)ccc1NSc1ccc(-c2ccc(C3CCCCC3)cc2)s1. The first kappa shape index (κ1) is 20.8. The van der Waals surface area contributed by atoms with E-state index in [2.05, 4.69) is 41.1 Å². The molecule has 1 fully saturated rings. The van der Waals surface area contributed by atoms with Crippen LogP contribution in [0.25, 0.3) is 10.4 Å². The van der Waals surface area contributed by atoms with Crippen molar-refractivity contribution in [1.29, 1.82) is 0 Å². The molecule has 0 radical (unpaired) electrons. The van der Waals surface area contributed by atoms with E-state index in [-0.39, 0.29) is 5.56 Å². The summed E-state index contributed by atoms with van der Waals surface area (Å²) in [5.41, 5.74) is 3.68. The number of anilines is 1. The number of hydrogen-bond acceptors (Lipinski definition) is 5. The Bertz CT molecular complexity index is 1010. The number of carboxylic acid groups (broad SMARTS) is 1. The van der Waals surface area contributed by atoms with E-state index >= 15 is 0 Å². The van der Waals surface area contributed by atoms with Crippen molar-refractivity contribution in [2.24, 2.45) is 0 Å². The largest absolute Gasteiger partial charge is 0.495 e.